The molecule has 0 unspecified atom stereocenters. The van der Waals surface area contributed by atoms with Crippen LogP contribution in [-0.4, -0.2) is 53.5 Å². The largest absolute Gasteiger partial charge is 0.495 e. The van der Waals surface area contributed by atoms with Crippen LogP contribution < -0.4 is 19.5 Å². The summed E-state index contributed by atoms with van der Waals surface area (Å²) in [6, 6.07) is 8.42. The summed E-state index contributed by atoms with van der Waals surface area (Å²) in [6.45, 7) is 2.80. The topological polar surface area (TPSA) is 118 Å². The van der Waals surface area contributed by atoms with Crippen molar-refractivity contribution in [3.05, 3.63) is 60.6 Å². The van der Waals surface area contributed by atoms with Gasteiger partial charge in [0.1, 0.15) is 40.3 Å². The van der Waals surface area contributed by atoms with Gasteiger partial charge in [0.25, 0.3) is 0 Å². The normalized spacial score (nSPS) is 12.0. The molecule has 3 aromatic heterocycles. The highest BCUT2D eigenvalue weighted by Crippen LogP contribution is 2.43. The first kappa shape index (κ1) is 25.1. The van der Waals surface area contributed by atoms with E-state index in [1.807, 2.05) is 12.1 Å². The van der Waals surface area contributed by atoms with Crippen LogP contribution in [0.25, 0.3) is 31.7 Å². The molecule has 194 valence electrons. The number of halogens is 1. The maximum absolute atomic E-state index is 14.2. The second-order valence-corrected chi connectivity index (χ2v) is 8.99. The fourth-order valence-electron chi connectivity index (χ4n) is 3.70. The second-order valence-electron chi connectivity index (χ2n) is 7.99. The molecule has 10 nitrogen and oxygen atoms in total. The Labute approximate surface area is 220 Å². The Morgan fingerprint density at radius 2 is 1.84 bits per heavy atom. The lowest BCUT2D eigenvalue weighted by molar-refractivity contribution is 0.174. The Bertz CT molecular complexity index is 1630. The highest BCUT2D eigenvalue weighted by atomic mass is 32.1. The van der Waals surface area contributed by atoms with Gasteiger partial charge in [-0.1, -0.05) is 0 Å². The molecule has 1 N–H and O–H groups in total. The third-order valence-electron chi connectivity index (χ3n) is 5.46. The highest BCUT2D eigenvalue weighted by Gasteiger charge is 2.20. The number of amides is 1. The van der Waals surface area contributed by atoms with Crippen molar-refractivity contribution in [1.82, 2.24) is 19.9 Å². The van der Waals surface area contributed by atoms with Gasteiger partial charge in [-0.05, 0) is 37.3 Å². The molecule has 38 heavy (non-hydrogen) atoms. The summed E-state index contributed by atoms with van der Waals surface area (Å²) in [6.07, 6.45) is 4.12. The number of aryl methyl sites for hydroxylation is 1. The van der Waals surface area contributed by atoms with E-state index in [2.05, 4.69) is 30.0 Å². The molecule has 0 bridgehead atoms. The first-order valence-electron chi connectivity index (χ1n) is 11.4. The number of pyridine rings is 1. The molecule has 1 amide bonds. The van der Waals surface area contributed by atoms with Gasteiger partial charge < -0.3 is 18.9 Å². The minimum atomic E-state index is -0.526. The van der Waals surface area contributed by atoms with Crippen molar-refractivity contribution in [2.24, 2.45) is 0 Å². The van der Waals surface area contributed by atoms with Crippen molar-refractivity contribution in [1.29, 1.82) is 0 Å². The number of rotatable bonds is 3. The number of carbonyl (C=O) groups excluding carboxylic acids is 1. The van der Waals surface area contributed by atoms with Gasteiger partial charge in [0, 0.05) is 10.9 Å². The van der Waals surface area contributed by atoms with E-state index >= 15 is 0 Å². The minimum absolute atomic E-state index is 0.344. The van der Waals surface area contributed by atoms with Crippen molar-refractivity contribution >= 4 is 44.2 Å². The Kier molecular flexibility index (Phi) is 7.13. The van der Waals surface area contributed by atoms with E-state index in [-0.39, 0.29) is 5.82 Å². The van der Waals surface area contributed by atoms with E-state index in [1.165, 1.54) is 43.0 Å². The number of anilines is 1. The molecule has 0 saturated heterocycles. The van der Waals surface area contributed by atoms with E-state index in [0.29, 0.717) is 63.4 Å². The number of thiazole rings is 1. The Balaban J connectivity index is 0.000000207. The molecule has 2 aromatic carbocycles. The number of benzene rings is 2. The number of methoxy groups -OCH3 is 2. The number of fused-ring (bicyclic) bond motifs is 4. The minimum Gasteiger partial charge on any atom is -0.495 e. The van der Waals surface area contributed by atoms with Crippen LogP contribution >= 0.6 is 11.3 Å². The molecule has 1 aliphatic heterocycles. The first-order chi connectivity index (χ1) is 18.4. The van der Waals surface area contributed by atoms with Crippen molar-refractivity contribution in [2.75, 3.05) is 32.8 Å². The summed E-state index contributed by atoms with van der Waals surface area (Å²) in [5, 5.41) is 3.78. The number of nitrogens with one attached hydrogen (secondary N) is 1. The molecular weight excluding hydrogens is 513 g/mol. The smallest absolute Gasteiger partial charge is 0.411 e. The van der Waals surface area contributed by atoms with Crippen molar-refractivity contribution in [3.63, 3.8) is 0 Å². The molecule has 5 aromatic rings. The van der Waals surface area contributed by atoms with Crippen LogP contribution in [-0.2, 0) is 4.74 Å². The zero-order valence-electron chi connectivity index (χ0n) is 20.6. The predicted molar refractivity (Wildman–Crippen MR) is 141 cm³/mol. The monoisotopic (exact) mass is 535 g/mol. The lowest BCUT2D eigenvalue weighted by Crippen LogP contribution is -2.15. The zero-order chi connectivity index (χ0) is 26.6. The van der Waals surface area contributed by atoms with Gasteiger partial charge in [-0.2, -0.15) is 0 Å². The molecule has 1 aliphatic rings. The highest BCUT2D eigenvalue weighted by molar-refractivity contribution is 7.22. The lowest BCUT2D eigenvalue weighted by atomic mass is 10.1. The fourth-order valence-corrected chi connectivity index (χ4v) is 4.78. The first-order valence-corrected chi connectivity index (χ1v) is 12.2. The molecule has 0 spiro atoms. The molecule has 0 saturated carbocycles. The van der Waals surface area contributed by atoms with Gasteiger partial charge in [-0.3, -0.25) is 10.3 Å². The number of hydrogen-bond acceptors (Lipinski definition) is 10. The summed E-state index contributed by atoms with van der Waals surface area (Å²) in [5.74, 6) is 2.31. The van der Waals surface area contributed by atoms with E-state index in [9.17, 15) is 9.18 Å². The number of carbonyl (C=O) groups is 1. The van der Waals surface area contributed by atoms with Crippen LogP contribution in [0, 0.1) is 12.7 Å². The average Bonchev–Trinajstić information content (AvgIpc) is 3.38. The van der Waals surface area contributed by atoms with Gasteiger partial charge >= 0.3 is 6.09 Å². The van der Waals surface area contributed by atoms with Crippen LogP contribution in [0.5, 0.6) is 17.2 Å². The van der Waals surface area contributed by atoms with Crippen molar-refractivity contribution in [2.45, 2.75) is 6.92 Å². The maximum atomic E-state index is 14.2. The summed E-state index contributed by atoms with van der Waals surface area (Å²) in [5.41, 5.74) is 2.64. The van der Waals surface area contributed by atoms with E-state index in [0.717, 1.165) is 10.2 Å². The summed E-state index contributed by atoms with van der Waals surface area (Å²) in [7, 11) is 2.85. The molecule has 0 radical (unpaired) electrons. The average molecular weight is 536 g/mol. The number of aromatic nitrogens is 4. The van der Waals surface area contributed by atoms with Gasteiger partial charge in [0.2, 0.25) is 0 Å². The molecule has 0 fully saturated rings. The van der Waals surface area contributed by atoms with E-state index in [4.69, 9.17) is 14.2 Å². The Morgan fingerprint density at radius 1 is 1.05 bits per heavy atom. The molecule has 0 aliphatic carbocycles. The SMILES string of the molecule is COC(=O)Nc1cnc(C)nc1.COc1cnc2c(-c3nc4ccc5c(c4s3)OCCO5)cc(F)cc2c1. The van der Waals surface area contributed by atoms with Crippen molar-refractivity contribution in [3.8, 4) is 27.8 Å². The van der Waals surface area contributed by atoms with Crippen LogP contribution in [0.1, 0.15) is 5.82 Å². The van der Waals surface area contributed by atoms with Crippen LogP contribution in [0.3, 0.4) is 0 Å². The van der Waals surface area contributed by atoms with Gasteiger partial charge in [-0.25, -0.2) is 24.1 Å². The fraction of sp³-hybridized carbons (Fsp3) is 0.192. The quantitative estimate of drug-likeness (QED) is 0.324. The molecule has 4 heterocycles. The Morgan fingerprint density at radius 3 is 2.61 bits per heavy atom. The molecule has 6 rings (SSSR count). The molecular formula is C26H22FN5O5S. The van der Waals surface area contributed by atoms with Crippen LogP contribution in [0.2, 0.25) is 0 Å². The standard InChI is InChI=1S/C19H13FN2O3S.C7H9N3O2/c1-23-12-7-10-6-11(20)8-13(16(10)21-9-12)19-22-14-2-3-15-17(18(14)26-19)25-5-4-24-15;1-5-8-3-6(4-9-5)10-7(11)12-2/h2-3,6-9H,4-5H2,1H3;3-4H,1-2H3,(H,10,11). The van der Waals surface area contributed by atoms with Crippen LogP contribution in [0.15, 0.2) is 48.9 Å². The molecule has 0 atom stereocenters. The van der Waals surface area contributed by atoms with E-state index in [1.54, 1.807) is 26.3 Å². The lowest BCUT2D eigenvalue weighted by Gasteiger charge is -2.18. The number of nitrogens with zero attached hydrogens (tertiary/aromatic N) is 4. The zero-order valence-corrected chi connectivity index (χ0v) is 21.5. The summed E-state index contributed by atoms with van der Waals surface area (Å²) < 4.78 is 36.1. The maximum Gasteiger partial charge on any atom is 0.411 e. The number of hydrogen-bond donors (Lipinski definition) is 1. The Hall–Kier alpha value is -4.58. The van der Waals surface area contributed by atoms with Crippen molar-refractivity contribution < 1.29 is 28.1 Å². The molecule has 12 heteroatoms. The van der Waals surface area contributed by atoms with Gasteiger partial charge in [-0.15, -0.1) is 11.3 Å². The second kappa shape index (κ2) is 10.8. The number of ether oxygens (including phenoxy) is 4. The third kappa shape index (κ3) is 5.25. The van der Waals surface area contributed by atoms with Gasteiger partial charge in [0.15, 0.2) is 11.5 Å². The van der Waals surface area contributed by atoms with E-state index < -0.39 is 6.09 Å². The van der Waals surface area contributed by atoms with Gasteiger partial charge in [0.05, 0.1) is 49.5 Å². The third-order valence-corrected chi connectivity index (χ3v) is 6.57. The summed E-state index contributed by atoms with van der Waals surface area (Å²) >= 11 is 1.44. The predicted octanol–water partition coefficient (Wildman–Crippen LogP) is 5.39. The summed E-state index contributed by atoms with van der Waals surface area (Å²) in [4.78, 5) is 27.6. The van der Waals surface area contributed by atoms with Crippen LogP contribution in [0.4, 0.5) is 14.9 Å².